The van der Waals surface area contributed by atoms with Crippen LogP contribution < -0.4 is 20.3 Å². The monoisotopic (exact) mass is 650 g/mol. The number of allylic oxidation sites excluding steroid dienone is 1. The van der Waals surface area contributed by atoms with E-state index in [1.807, 2.05) is 39.0 Å². The highest BCUT2D eigenvalue weighted by atomic mass is 79.9. The van der Waals surface area contributed by atoms with Crippen LogP contribution in [0.1, 0.15) is 50.1 Å². The molecule has 218 valence electrons. The van der Waals surface area contributed by atoms with E-state index in [1.165, 1.54) is 4.68 Å². The van der Waals surface area contributed by atoms with E-state index in [0.717, 1.165) is 16.5 Å². The van der Waals surface area contributed by atoms with Crippen molar-refractivity contribution < 1.29 is 14.3 Å². The molecule has 0 unspecified atom stereocenters. The predicted octanol–water partition coefficient (Wildman–Crippen LogP) is 7.35. The van der Waals surface area contributed by atoms with Crippen LogP contribution in [-0.2, 0) is 11.2 Å². The average molecular weight is 652 g/mol. The number of aromatic nitrogens is 2. The third-order valence-electron chi connectivity index (χ3n) is 6.50. The highest BCUT2D eigenvalue weighted by Crippen LogP contribution is 2.34. The Hall–Kier alpha value is -3.95. The Morgan fingerprint density at radius 1 is 1.17 bits per heavy atom. The highest BCUT2D eigenvalue weighted by Gasteiger charge is 2.17. The summed E-state index contributed by atoms with van der Waals surface area (Å²) in [7, 11) is 0. The van der Waals surface area contributed by atoms with E-state index in [0.29, 0.717) is 57.5 Å². The molecule has 0 saturated heterocycles. The maximum Gasteiger partial charge on any atom is 0.282 e. The first-order chi connectivity index (χ1) is 20.2. The first kappa shape index (κ1) is 31.0. The second-order valence-electron chi connectivity index (χ2n) is 9.58. The first-order valence-electron chi connectivity index (χ1n) is 13.6. The van der Waals surface area contributed by atoms with Gasteiger partial charge in [0.2, 0.25) is 0 Å². The molecule has 4 aromatic rings. The van der Waals surface area contributed by atoms with E-state index in [2.05, 4.69) is 32.9 Å². The third kappa shape index (κ3) is 7.46. The van der Waals surface area contributed by atoms with Crippen molar-refractivity contribution in [2.45, 2.75) is 39.5 Å². The van der Waals surface area contributed by atoms with Gasteiger partial charge in [-0.15, -0.1) is 6.58 Å². The van der Waals surface area contributed by atoms with Gasteiger partial charge in [-0.3, -0.25) is 9.59 Å². The number of benzene rings is 3. The number of carbonyl (C=O) groups is 1. The van der Waals surface area contributed by atoms with Gasteiger partial charge < -0.3 is 14.8 Å². The molecular formula is C32H32BrClN4O4. The number of rotatable bonds is 12. The zero-order valence-corrected chi connectivity index (χ0v) is 26.0. The summed E-state index contributed by atoms with van der Waals surface area (Å²) in [5, 5.41) is 8.42. The lowest BCUT2D eigenvalue weighted by Crippen LogP contribution is -2.23. The molecule has 0 aliphatic heterocycles. The molecule has 0 spiro atoms. The van der Waals surface area contributed by atoms with Crippen molar-refractivity contribution in [1.82, 2.24) is 9.66 Å². The number of ether oxygens (including phenoxy) is 2. The molecule has 42 heavy (non-hydrogen) atoms. The van der Waals surface area contributed by atoms with Gasteiger partial charge in [-0.1, -0.05) is 47.5 Å². The molecule has 0 aliphatic carbocycles. The van der Waals surface area contributed by atoms with Gasteiger partial charge in [0.25, 0.3) is 11.5 Å². The number of hydrogen-bond acceptors (Lipinski definition) is 6. The van der Waals surface area contributed by atoms with Crippen LogP contribution in [0.15, 0.2) is 81.6 Å². The Balaban J connectivity index is 1.68. The summed E-state index contributed by atoms with van der Waals surface area (Å²) in [5.41, 5.74) is 2.42. The summed E-state index contributed by atoms with van der Waals surface area (Å²) in [6, 6.07) is 15.9. The molecule has 0 fully saturated rings. The van der Waals surface area contributed by atoms with Crippen LogP contribution in [0.4, 0.5) is 5.69 Å². The Morgan fingerprint density at radius 2 is 1.93 bits per heavy atom. The smallest absolute Gasteiger partial charge is 0.282 e. The molecule has 3 aromatic carbocycles. The van der Waals surface area contributed by atoms with Gasteiger partial charge in [0.1, 0.15) is 5.82 Å². The highest BCUT2D eigenvalue weighted by molar-refractivity contribution is 9.10. The lowest BCUT2D eigenvalue weighted by molar-refractivity contribution is -0.118. The van der Waals surface area contributed by atoms with Crippen LogP contribution in [-0.4, -0.2) is 35.0 Å². The molecule has 0 bridgehead atoms. The largest absolute Gasteiger partial charge is 0.490 e. The quantitative estimate of drug-likeness (QED) is 0.128. The van der Waals surface area contributed by atoms with E-state index in [9.17, 15) is 9.59 Å². The Kier molecular flexibility index (Phi) is 10.5. The third-order valence-corrected chi connectivity index (χ3v) is 7.25. The number of halogens is 2. The summed E-state index contributed by atoms with van der Waals surface area (Å²) in [5.74, 6) is 1.15. The predicted molar refractivity (Wildman–Crippen MR) is 172 cm³/mol. The number of hydrogen-bond donors (Lipinski definition) is 1. The second kappa shape index (κ2) is 14.3. The molecule has 1 N–H and O–H groups in total. The van der Waals surface area contributed by atoms with Crippen molar-refractivity contribution in [1.29, 1.82) is 0 Å². The summed E-state index contributed by atoms with van der Waals surface area (Å²) in [6.45, 7) is 9.93. The van der Waals surface area contributed by atoms with E-state index in [1.54, 1.807) is 48.7 Å². The number of amides is 1. The van der Waals surface area contributed by atoms with E-state index in [-0.39, 0.29) is 24.0 Å². The van der Waals surface area contributed by atoms with Crippen molar-refractivity contribution in [3.05, 3.63) is 104 Å². The van der Waals surface area contributed by atoms with Gasteiger partial charge in [-0.25, -0.2) is 4.98 Å². The topological polar surface area (TPSA) is 94.8 Å². The standard InChI is InChI=1S/C32H32BrClN4O4/c1-5-8-22-15-21(16-28(41-7-3)30(22)42-19-29(39)36-25-12-10-24(34)11-13-25)18-35-38-31(20(4)6-2)37-27-14-9-23(33)17-26(27)32(38)40/h5,9-18,20H,1,6-8,19H2,2-4H3,(H,36,39)/t20-/m1/s1. The average Bonchev–Trinajstić information content (AvgIpc) is 2.97. The lowest BCUT2D eigenvalue weighted by Gasteiger charge is -2.17. The number of carbonyl (C=O) groups excluding carboxylic acids is 1. The van der Waals surface area contributed by atoms with Crippen LogP contribution in [0.3, 0.4) is 0 Å². The van der Waals surface area contributed by atoms with Gasteiger partial charge >= 0.3 is 0 Å². The van der Waals surface area contributed by atoms with Crippen molar-refractivity contribution in [3.8, 4) is 11.5 Å². The fraction of sp³-hybridized carbons (Fsp3) is 0.250. The van der Waals surface area contributed by atoms with Gasteiger partial charge in [0, 0.05) is 26.7 Å². The van der Waals surface area contributed by atoms with Crippen LogP contribution in [0, 0.1) is 0 Å². The van der Waals surface area contributed by atoms with Crippen molar-refractivity contribution in [2.24, 2.45) is 5.10 Å². The second-order valence-corrected chi connectivity index (χ2v) is 10.9. The molecule has 0 radical (unpaired) electrons. The van der Waals surface area contributed by atoms with E-state index in [4.69, 9.17) is 26.1 Å². The molecule has 1 heterocycles. The number of anilines is 1. The fourth-order valence-corrected chi connectivity index (χ4v) is 4.75. The maximum absolute atomic E-state index is 13.5. The SMILES string of the molecule is C=CCc1cc(C=Nn2c([C@H](C)CC)nc3ccc(Br)cc3c2=O)cc(OCC)c1OCC(=O)Nc1ccc(Cl)cc1. The van der Waals surface area contributed by atoms with E-state index < -0.39 is 0 Å². The Bertz CT molecular complexity index is 1690. The Labute approximate surface area is 258 Å². The molecule has 4 rings (SSSR count). The van der Waals surface area contributed by atoms with Crippen LogP contribution >= 0.6 is 27.5 Å². The van der Waals surface area contributed by atoms with Gasteiger partial charge in [-0.2, -0.15) is 9.78 Å². The minimum absolute atomic E-state index is 0.00741. The summed E-state index contributed by atoms with van der Waals surface area (Å²) in [6.07, 6.45) is 4.59. The molecule has 10 heteroatoms. The van der Waals surface area contributed by atoms with Crippen LogP contribution in [0.25, 0.3) is 10.9 Å². The number of nitrogens with zero attached hydrogens (tertiary/aromatic N) is 3. The molecular weight excluding hydrogens is 620 g/mol. The zero-order valence-electron chi connectivity index (χ0n) is 23.7. The summed E-state index contributed by atoms with van der Waals surface area (Å²) < 4.78 is 14.0. The minimum Gasteiger partial charge on any atom is -0.490 e. The molecule has 1 amide bonds. The molecule has 1 aromatic heterocycles. The van der Waals surface area contributed by atoms with Crippen molar-refractivity contribution >= 4 is 56.2 Å². The fourth-order valence-electron chi connectivity index (χ4n) is 4.26. The van der Waals surface area contributed by atoms with Gasteiger partial charge in [0.05, 0.1) is 23.7 Å². The zero-order chi connectivity index (χ0) is 30.2. The maximum atomic E-state index is 13.5. The first-order valence-corrected chi connectivity index (χ1v) is 14.8. The molecule has 0 saturated carbocycles. The normalized spacial score (nSPS) is 11.9. The van der Waals surface area contributed by atoms with Gasteiger partial charge in [0.15, 0.2) is 18.1 Å². The molecule has 8 nitrogen and oxygen atoms in total. The Morgan fingerprint density at radius 3 is 2.62 bits per heavy atom. The summed E-state index contributed by atoms with van der Waals surface area (Å²) >= 11 is 9.37. The van der Waals surface area contributed by atoms with Gasteiger partial charge in [-0.05, 0) is 79.9 Å². The van der Waals surface area contributed by atoms with Crippen LogP contribution in [0.5, 0.6) is 11.5 Å². The molecule has 0 aliphatic rings. The lowest BCUT2D eigenvalue weighted by atomic mass is 10.1. The number of nitrogens with one attached hydrogen (secondary N) is 1. The number of fused-ring (bicyclic) bond motifs is 1. The van der Waals surface area contributed by atoms with E-state index >= 15 is 0 Å². The molecule has 1 atom stereocenters. The van der Waals surface area contributed by atoms with Crippen molar-refractivity contribution in [2.75, 3.05) is 18.5 Å². The minimum atomic E-state index is -0.331. The summed E-state index contributed by atoms with van der Waals surface area (Å²) in [4.78, 5) is 30.9. The van der Waals surface area contributed by atoms with Crippen LogP contribution in [0.2, 0.25) is 5.02 Å². The van der Waals surface area contributed by atoms with Crippen molar-refractivity contribution in [3.63, 3.8) is 0 Å².